The molecule has 0 aromatic heterocycles. The van der Waals surface area contributed by atoms with E-state index in [0.29, 0.717) is 0 Å². The lowest BCUT2D eigenvalue weighted by molar-refractivity contribution is 0.0340. The molecule has 0 saturated carbocycles. The number of alkyl halides is 4. The quantitative estimate of drug-likeness (QED) is 0.504. The molecule has 122 valence electrons. The molecular weight excluding hydrogens is 374 g/mol. The minimum Gasteiger partial charge on any atom is -0.456 e. The van der Waals surface area contributed by atoms with Crippen molar-refractivity contribution in [1.82, 2.24) is 0 Å². The predicted octanol–water partition coefficient (Wildman–Crippen LogP) is 3.69. The highest BCUT2D eigenvalue weighted by atomic mass is 35.5. The number of carbonyl (C=O) groups excluding carboxylic acids is 2. The number of esters is 2. The lowest BCUT2D eigenvalue weighted by atomic mass is 10.1. The van der Waals surface area contributed by atoms with Crippen molar-refractivity contribution in [3.63, 3.8) is 0 Å². The fourth-order valence-corrected chi connectivity index (χ4v) is 2.39. The third-order valence-corrected chi connectivity index (χ3v) is 3.98. The molecule has 1 aromatic rings. The minimum atomic E-state index is -0.702. The molecule has 0 spiro atoms. The summed E-state index contributed by atoms with van der Waals surface area (Å²) < 4.78 is 10.2. The van der Waals surface area contributed by atoms with E-state index in [1.165, 1.54) is 12.1 Å². The second-order valence-electron chi connectivity index (χ2n) is 4.22. The van der Waals surface area contributed by atoms with E-state index in [-0.39, 0.29) is 34.6 Å². The van der Waals surface area contributed by atoms with Gasteiger partial charge >= 0.3 is 11.9 Å². The number of carbonyl (C=O) groups is 2. The highest BCUT2D eigenvalue weighted by molar-refractivity contribution is 6.22. The Labute approximate surface area is 148 Å². The summed E-state index contributed by atoms with van der Waals surface area (Å²) in [5, 5.41) is 0. The van der Waals surface area contributed by atoms with Crippen LogP contribution in [0.15, 0.2) is 24.3 Å². The van der Waals surface area contributed by atoms with Crippen molar-refractivity contribution in [2.75, 3.05) is 23.5 Å². The molecule has 22 heavy (non-hydrogen) atoms. The maximum absolute atomic E-state index is 12.1. The van der Waals surface area contributed by atoms with Crippen LogP contribution in [0.1, 0.15) is 20.7 Å². The Morgan fingerprint density at radius 3 is 1.36 bits per heavy atom. The molecule has 0 heterocycles. The highest BCUT2D eigenvalue weighted by Crippen LogP contribution is 2.15. The molecule has 8 heteroatoms. The fourth-order valence-electron chi connectivity index (χ4n) is 1.48. The largest absolute Gasteiger partial charge is 0.456 e. The van der Waals surface area contributed by atoms with E-state index in [1.807, 2.05) is 0 Å². The van der Waals surface area contributed by atoms with E-state index in [0.717, 1.165) is 0 Å². The van der Waals surface area contributed by atoms with Gasteiger partial charge in [0.1, 0.15) is 12.2 Å². The molecule has 0 saturated heterocycles. The first-order valence-corrected chi connectivity index (χ1v) is 8.46. The average molecular weight is 388 g/mol. The van der Waals surface area contributed by atoms with Crippen molar-refractivity contribution in [1.29, 1.82) is 0 Å². The van der Waals surface area contributed by atoms with Gasteiger partial charge in [0.05, 0.1) is 34.6 Å². The Morgan fingerprint density at radius 1 is 0.773 bits per heavy atom. The van der Waals surface area contributed by atoms with Crippen molar-refractivity contribution < 1.29 is 19.1 Å². The van der Waals surface area contributed by atoms with Gasteiger partial charge in [-0.1, -0.05) is 12.1 Å². The number of hydrogen-bond acceptors (Lipinski definition) is 4. The average Bonchev–Trinajstić information content (AvgIpc) is 2.56. The number of hydrogen-bond donors (Lipinski definition) is 0. The van der Waals surface area contributed by atoms with Gasteiger partial charge in [0.25, 0.3) is 0 Å². The molecule has 0 N–H and O–H groups in total. The third kappa shape index (κ3) is 5.51. The molecule has 0 bridgehead atoms. The summed E-state index contributed by atoms with van der Waals surface area (Å²) in [5.41, 5.74) is 0.131. The van der Waals surface area contributed by atoms with Gasteiger partial charge in [-0.25, -0.2) is 9.59 Å². The van der Waals surface area contributed by atoms with Crippen LogP contribution in [0.4, 0.5) is 0 Å². The second kappa shape index (κ2) is 10.2. The van der Waals surface area contributed by atoms with Gasteiger partial charge in [0.2, 0.25) is 0 Å². The molecule has 1 rings (SSSR count). The summed E-state index contributed by atoms with van der Waals surface area (Å²) in [6.45, 7) is 0. The summed E-state index contributed by atoms with van der Waals surface area (Å²) in [6.07, 6.45) is -1.28. The number of halogens is 4. The van der Waals surface area contributed by atoms with E-state index in [9.17, 15) is 9.59 Å². The third-order valence-electron chi connectivity index (χ3n) is 2.60. The summed E-state index contributed by atoms with van der Waals surface area (Å²) in [4.78, 5) is 24.2. The Bertz CT molecular complexity index is 456. The Morgan fingerprint density at radius 2 is 1.09 bits per heavy atom. The van der Waals surface area contributed by atoms with Gasteiger partial charge in [-0.15, -0.1) is 46.4 Å². The number of ether oxygens (including phenoxy) is 2. The fraction of sp³-hybridized carbons (Fsp3) is 0.429. The first kappa shape index (κ1) is 19.4. The first-order valence-electron chi connectivity index (χ1n) is 6.32. The topological polar surface area (TPSA) is 52.6 Å². The summed E-state index contributed by atoms with van der Waals surface area (Å²) in [7, 11) is 0. The maximum atomic E-state index is 12.1. The van der Waals surface area contributed by atoms with Crippen LogP contribution in [0, 0.1) is 0 Å². The van der Waals surface area contributed by atoms with Crippen LogP contribution in [0.2, 0.25) is 0 Å². The monoisotopic (exact) mass is 386 g/mol. The van der Waals surface area contributed by atoms with Gasteiger partial charge in [0, 0.05) is 0 Å². The highest BCUT2D eigenvalue weighted by Gasteiger charge is 2.23. The maximum Gasteiger partial charge on any atom is 0.339 e. The zero-order valence-electron chi connectivity index (χ0n) is 11.4. The Balaban J connectivity index is 2.93. The van der Waals surface area contributed by atoms with Gasteiger partial charge in [-0.3, -0.25) is 0 Å². The molecule has 0 atom stereocenters. The molecule has 0 aliphatic heterocycles. The van der Waals surface area contributed by atoms with E-state index in [1.54, 1.807) is 12.1 Å². The molecule has 1 aromatic carbocycles. The van der Waals surface area contributed by atoms with Gasteiger partial charge in [0.15, 0.2) is 0 Å². The van der Waals surface area contributed by atoms with Gasteiger partial charge in [-0.2, -0.15) is 0 Å². The van der Waals surface area contributed by atoms with E-state index >= 15 is 0 Å². The number of benzene rings is 1. The standard InChI is InChI=1S/C14H14Cl4O4/c15-5-9(6-16)21-13(19)11-3-1-2-4-12(11)14(20)22-10(7-17)8-18/h1-4,9-10H,5-8H2. The summed E-state index contributed by atoms with van der Waals surface area (Å²) in [5.74, 6) is -1.17. The number of rotatable bonds is 8. The van der Waals surface area contributed by atoms with Crippen LogP contribution in [-0.2, 0) is 9.47 Å². The van der Waals surface area contributed by atoms with Crippen LogP contribution in [-0.4, -0.2) is 47.7 Å². The molecule has 0 aliphatic rings. The molecule has 0 amide bonds. The molecule has 0 fully saturated rings. The summed E-state index contributed by atoms with van der Waals surface area (Å²) in [6, 6.07) is 6.11. The predicted molar refractivity (Wildman–Crippen MR) is 87.7 cm³/mol. The molecular formula is C14H14Cl4O4. The smallest absolute Gasteiger partial charge is 0.339 e. The van der Waals surface area contributed by atoms with Crippen LogP contribution in [0.25, 0.3) is 0 Å². The first-order chi connectivity index (χ1) is 10.6. The van der Waals surface area contributed by atoms with E-state index in [2.05, 4.69) is 0 Å². The van der Waals surface area contributed by atoms with Crippen LogP contribution >= 0.6 is 46.4 Å². The van der Waals surface area contributed by atoms with Crippen LogP contribution in [0.5, 0.6) is 0 Å². The van der Waals surface area contributed by atoms with E-state index in [4.69, 9.17) is 55.9 Å². The zero-order valence-corrected chi connectivity index (χ0v) is 14.5. The Hall–Kier alpha value is -0.680. The van der Waals surface area contributed by atoms with E-state index < -0.39 is 24.1 Å². The van der Waals surface area contributed by atoms with Gasteiger partial charge in [-0.05, 0) is 12.1 Å². The SMILES string of the molecule is O=C(OC(CCl)CCl)c1ccccc1C(=O)OC(CCl)CCl. The van der Waals surface area contributed by atoms with Crippen LogP contribution < -0.4 is 0 Å². The Kier molecular flexibility index (Phi) is 8.95. The van der Waals surface area contributed by atoms with Crippen molar-refractivity contribution in [2.45, 2.75) is 12.2 Å². The lowest BCUT2D eigenvalue weighted by Gasteiger charge is -2.16. The van der Waals surface area contributed by atoms with Crippen LogP contribution in [0.3, 0.4) is 0 Å². The van der Waals surface area contributed by atoms with Crippen molar-refractivity contribution >= 4 is 58.3 Å². The zero-order chi connectivity index (χ0) is 16.5. The summed E-state index contributed by atoms with van der Waals surface area (Å²) >= 11 is 22.5. The lowest BCUT2D eigenvalue weighted by Crippen LogP contribution is -2.25. The molecule has 4 nitrogen and oxygen atoms in total. The van der Waals surface area contributed by atoms with Crippen molar-refractivity contribution in [3.8, 4) is 0 Å². The minimum absolute atomic E-state index is 0.0580. The van der Waals surface area contributed by atoms with Crippen molar-refractivity contribution in [3.05, 3.63) is 35.4 Å². The van der Waals surface area contributed by atoms with Gasteiger partial charge < -0.3 is 9.47 Å². The molecule has 0 radical (unpaired) electrons. The normalized spacial score (nSPS) is 10.8. The van der Waals surface area contributed by atoms with Crippen molar-refractivity contribution in [2.24, 2.45) is 0 Å². The molecule has 0 unspecified atom stereocenters. The second-order valence-corrected chi connectivity index (χ2v) is 5.45. The molecule has 0 aliphatic carbocycles.